The Labute approximate surface area is 64.6 Å². The molecule has 10 heavy (non-hydrogen) atoms. The van der Waals surface area contributed by atoms with Gasteiger partial charge in [0.25, 0.3) is 0 Å². The van der Waals surface area contributed by atoms with Gasteiger partial charge in [-0.2, -0.15) is 0 Å². The number of rotatable bonds is 3. The minimum atomic E-state index is 1.15. The van der Waals surface area contributed by atoms with E-state index in [1.165, 1.54) is 11.1 Å². The van der Waals surface area contributed by atoms with Crippen LogP contribution in [0.5, 0.6) is 0 Å². The maximum atomic E-state index is 3.70. The van der Waals surface area contributed by atoms with E-state index in [1.54, 1.807) is 0 Å². The summed E-state index contributed by atoms with van der Waals surface area (Å²) in [4.78, 5) is 0. The van der Waals surface area contributed by atoms with Crippen molar-refractivity contribution in [2.75, 3.05) is 0 Å². The lowest BCUT2D eigenvalue weighted by Gasteiger charge is -1.95. The van der Waals surface area contributed by atoms with Crippen LogP contribution in [0.4, 0.5) is 0 Å². The Morgan fingerprint density at radius 2 is 1.90 bits per heavy atom. The molecule has 0 saturated carbocycles. The third-order valence-electron chi connectivity index (χ3n) is 1.44. The van der Waals surface area contributed by atoms with Crippen molar-refractivity contribution in [1.29, 1.82) is 0 Å². The lowest BCUT2D eigenvalue weighted by Crippen LogP contribution is -1.74. The fourth-order valence-corrected chi connectivity index (χ4v) is 0.691. The second-order valence-electron chi connectivity index (χ2n) is 2.87. The molecule has 1 radical (unpaired) electrons. The van der Waals surface area contributed by atoms with Gasteiger partial charge in [0.1, 0.15) is 0 Å². The fourth-order valence-electron chi connectivity index (χ4n) is 0.691. The van der Waals surface area contributed by atoms with E-state index in [0.29, 0.717) is 0 Å². The molecule has 0 aliphatic heterocycles. The van der Waals surface area contributed by atoms with Crippen molar-refractivity contribution in [1.82, 2.24) is 0 Å². The minimum absolute atomic E-state index is 1.15. The van der Waals surface area contributed by atoms with Gasteiger partial charge in [0, 0.05) is 0 Å². The predicted molar refractivity (Wildman–Crippen MR) is 47.8 cm³/mol. The normalized spacial score (nSPS) is 11.4. The van der Waals surface area contributed by atoms with Crippen molar-refractivity contribution in [3.63, 3.8) is 0 Å². The Bertz CT molecular complexity index is 134. The van der Waals surface area contributed by atoms with E-state index in [4.69, 9.17) is 0 Å². The number of hydrogen-bond acceptors (Lipinski definition) is 0. The van der Waals surface area contributed by atoms with Crippen LogP contribution in [0.15, 0.2) is 23.3 Å². The predicted octanol–water partition coefficient (Wildman–Crippen LogP) is 3.51. The first-order valence-corrected chi connectivity index (χ1v) is 3.75. The zero-order valence-corrected chi connectivity index (χ0v) is 7.28. The van der Waals surface area contributed by atoms with Crippen LogP contribution in [0, 0.1) is 6.92 Å². The zero-order valence-electron chi connectivity index (χ0n) is 7.28. The van der Waals surface area contributed by atoms with Crippen molar-refractivity contribution in [2.45, 2.75) is 33.6 Å². The maximum absolute atomic E-state index is 3.70. The van der Waals surface area contributed by atoms with Gasteiger partial charge >= 0.3 is 0 Å². The first-order valence-electron chi connectivity index (χ1n) is 3.75. The number of allylic oxidation sites excluding steroid dienone is 4. The summed E-state index contributed by atoms with van der Waals surface area (Å²) in [5.74, 6) is 0. The molecule has 0 nitrogen and oxygen atoms in total. The first-order chi connectivity index (χ1) is 4.66. The molecule has 0 heterocycles. The van der Waals surface area contributed by atoms with E-state index in [9.17, 15) is 0 Å². The van der Waals surface area contributed by atoms with E-state index >= 15 is 0 Å². The molecule has 0 bridgehead atoms. The highest BCUT2D eigenvalue weighted by Crippen LogP contribution is 2.05. The van der Waals surface area contributed by atoms with Gasteiger partial charge in [-0.15, -0.1) is 0 Å². The highest BCUT2D eigenvalue weighted by molar-refractivity contribution is 5.02. The fraction of sp³-hybridized carbons (Fsp3) is 0.500. The van der Waals surface area contributed by atoms with Crippen LogP contribution < -0.4 is 0 Å². The third kappa shape index (κ3) is 5.61. The second-order valence-corrected chi connectivity index (χ2v) is 2.87. The lowest BCUT2D eigenvalue weighted by molar-refractivity contribution is 0.967. The molecule has 0 aliphatic carbocycles. The largest absolute Gasteiger partial charge is 0.0856 e. The van der Waals surface area contributed by atoms with Gasteiger partial charge in [-0.25, -0.2) is 0 Å². The van der Waals surface area contributed by atoms with Crippen LogP contribution in [-0.2, 0) is 0 Å². The summed E-state index contributed by atoms with van der Waals surface area (Å²) in [7, 11) is 0. The van der Waals surface area contributed by atoms with Crippen LogP contribution in [-0.4, -0.2) is 0 Å². The maximum Gasteiger partial charge on any atom is -0.0288 e. The van der Waals surface area contributed by atoms with Crippen molar-refractivity contribution in [2.24, 2.45) is 0 Å². The molecular formula is C10H17. The van der Waals surface area contributed by atoms with Crippen LogP contribution in [0.2, 0.25) is 0 Å². The van der Waals surface area contributed by atoms with Crippen LogP contribution in [0.25, 0.3) is 0 Å². The molecule has 0 aromatic rings. The third-order valence-corrected chi connectivity index (χ3v) is 1.44. The standard InChI is InChI=1S/C10H17/c1-5-10(4)8-6-7-9(2)3/h5,7H,1,6,8H2,2-4H3/b10-5+. The molecule has 0 unspecified atom stereocenters. The Morgan fingerprint density at radius 1 is 1.30 bits per heavy atom. The molecule has 0 aliphatic rings. The Hall–Kier alpha value is -0.520. The van der Waals surface area contributed by atoms with Crippen molar-refractivity contribution in [3.05, 3.63) is 30.2 Å². The molecule has 0 aromatic carbocycles. The van der Waals surface area contributed by atoms with Crippen molar-refractivity contribution < 1.29 is 0 Å². The minimum Gasteiger partial charge on any atom is -0.0856 e. The Kier molecular flexibility index (Phi) is 5.00. The van der Waals surface area contributed by atoms with Crippen molar-refractivity contribution >= 4 is 0 Å². The van der Waals surface area contributed by atoms with Gasteiger partial charge in [0.05, 0.1) is 0 Å². The van der Waals surface area contributed by atoms with Crippen LogP contribution >= 0.6 is 0 Å². The summed E-state index contributed by atoms with van der Waals surface area (Å²) in [5, 5.41) is 0. The molecule has 0 atom stereocenters. The highest BCUT2D eigenvalue weighted by Gasteiger charge is 1.84. The average Bonchev–Trinajstić information content (AvgIpc) is 1.87. The molecule has 0 aromatic heterocycles. The molecule has 0 rings (SSSR count). The lowest BCUT2D eigenvalue weighted by atomic mass is 10.1. The smallest absolute Gasteiger partial charge is 0.0288 e. The van der Waals surface area contributed by atoms with Gasteiger partial charge in [-0.05, 0) is 40.5 Å². The van der Waals surface area contributed by atoms with E-state index < -0.39 is 0 Å². The summed E-state index contributed by atoms with van der Waals surface area (Å²) >= 11 is 0. The molecule has 0 spiro atoms. The second kappa shape index (κ2) is 5.28. The molecule has 0 N–H and O–H groups in total. The topological polar surface area (TPSA) is 0 Å². The Morgan fingerprint density at radius 3 is 2.30 bits per heavy atom. The molecule has 0 heteroatoms. The number of hydrogen-bond donors (Lipinski definition) is 0. The Balaban J connectivity index is 3.47. The monoisotopic (exact) mass is 137 g/mol. The SMILES string of the molecule is [CH2]/C=C(\C)CCC=C(C)C. The van der Waals surface area contributed by atoms with Gasteiger partial charge in [-0.1, -0.05) is 23.3 Å². The highest BCUT2D eigenvalue weighted by atomic mass is 13.9. The zero-order chi connectivity index (χ0) is 7.98. The first kappa shape index (κ1) is 9.48. The van der Waals surface area contributed by atoms with Gasteiger partial charge in [0.2, 0.25) is 0 Å². The van der Waals surface area contributed by atoms with Gasteiger partial charge < -0.3 is 0 Å². The summed E-state index contributed by atoms with van der Waals surface area (Å²) in [5.41, 5.74) is 2.77. The van der Waals surface area contributed by atoms with E-state index in [2.05, 4.69) is 33.8 Å². The summed E-state index contributed by atoms with van der Waals surface area (Å²) in [6.07, 6.45) is 6.49. The molecular weight excluding hydrogens is 120 g/mol. The molecule has 57 valence electrons. The van der Waals surface area contributed by atoms with E-state index in [-0.39, 0.29) is 0 Å². The van der Waals surface area contributed by atoms with E-state index in [1.807, 2.05) is 6.08 Å². The summed E-state index contributed by atoms with van der Waals surface area (Å²) < 4.78 is 0. The van der Waals surface area contributed by atoms with Gasteiger partial charge in [-0.3, -0.25) is 0 Å². The van der Waals surface area contributed by atoms with Crippen molar-refractivity contribution in [3.8, 4) is 0 Å². The van der Waals surface area contributed by atoms with Crippen LogP contribution in [0.1, 0.15) is 33.6 Å². The quantitative estimate of drug-likeness (QED) is 0.522. The van der Waals surface area contributed by atoms with Gasteiger partial charge in [0.15, 0.2) is 0 Å². The molecule has 0 saturated heterocycles. The molecule has 0 fully saturated rings. The summed E-state index contributed by atoms with van der Waals surface area (Å²) in [6.45, 7) is 10.1. The van der Waals surface area contributed by atoms with E-state index in [0.717, 1.165) is 12.8 Å². The molecule has 0 amide bonds. The summed E-state index contributed by atoms with van der Waals surface area (Å²) in [6, 6.07) is 0. The van der Waals surface area contributed by atoms with Crippen LogP contribution in [0.3, 0.4) is 0 Å². The average molecular weight is 137 g/mol.